The standard InChI is InChI=1S/C20H26ClN3O/c1-13(25)14-9-18(21)20(22-2)19(10-14)24(17-4-3-5-17)7-6-23-11-15-8-16(15)12-23/h9-10,15-17H,2-8,11-12H2,1H3. The number of Topliss-reactive ketones (excluding diaryl/α,β-unsaturated/α-hetero) is 1. The zero-order chi connectivity index (χ0) is 17.6. The molecule has 1 saturated heterocycles. The Hall–Kier alpha value is -1.39. The highest BCUT2D eigenvalue weighted by atomic mass is 35.5. The summed E-state index contributed by atoms with van der Waals surface area (Å²) in [5.41, 5.74) is 2.34. The minimum absolute atomic E-state index is 0.0342. The lowest BCUT2D eigenvalue weighted by molar-refractivity contribution is 0.101. The number of likely N-dealkylation sites (tertiary alicyclic amines) is 1. The predicted octanol–water partition coefficient (Wildman–Crippen LogP) is 4.19. The van der Waals surface area contributed by atoms with Crippen LogP contribution in [0.3, 0.4) is 0 Å². The van der Waals surface area contributed by atoms with Crippen LogP contribution in [0, 0.1) is 11.8 Å². The highest BCUT2D eigenvalue weighted by molar-refractivity contribution is 6.34. The van der Waals surface area contributed by atoms with Crippen LogP contribution < -0.4 is 4.90 Å². The quantitative estimate of drug-likeness (QED) is 0.541. The summed E-state index contributed by atoms with van der Waals surface area (Å²) in [6.45, 7) is 9.84. The van der Waals surface area contributed by atoms with Crippen molar-refractivity contribution < 1.29 is 4.79 Å². The molecule has 0 radical (unpaired) electrons. The van der Waals surface area contributed by atoms with Crippen LogP contribution in [0.5, 0.6) is 0 Å². The first-order chi connectivity index (χ1) is 12.1. The number of carbonyl (C=O) groups excluding carboxylic acids is 1. The first kappa shape index (κ1) is 17.0. The summed E-state index contributed by atoms with van der Waals surface area (Å²) in [7, 11) is 0. The van der Waals surface area contributed by atoms with Crippen LogP contribution in [-0.4, -0.2) is 49.6 Å². The van der Waals surface area contributed by atoms with Crippen molar-refractivity contribution in [3.8, 4) is 0 Å². The molecule has 25 heavy (non-hydrogen) atoms. The molecule has 2 unspecified atom stereocenters. The first-order valence-corrected chi connectivity index (χ1v) is 9.75. The maximum Gasteiger partial charge on any atom is 0.159 e. The summed E-state index contributed by atoms with van der Waals surface area (Å²) in [6, 6.07) is 4.19. The van der Waals surface area contributed by atoms with Crippen molar-refractivity contribution in [2.24, 2.45) is 16.8 Å². The maximum atomic E-state index is 11.9. The molecule has 2 atom stereocenters. The van der Waals surface area contributed by atoms with Crippen molar-refractivity contribution >= 4 is 35.5 Å². The number of fused-ring (bicyclic) bond motifs is 1. The van der Waals surface area contributed by atoms with Crippen molar-refractivity contribution in [3.63, 3.8) is 0 Å². The number of nitrogens with zero attached hydrogens (tertiary/aromatic N) is 3. The van der Waals surface area contributed by atoms with E-state index in [1.165, 1.54) is 38.8 Å². The minimum Gasteiger partial charge on any atom is -0.365 e. The molecule has 3 aliphatic rings. The van der Waals surface area contributed by atoms with Gasteiger partial charge in [0.05, 0.1) is 10.7 Å². The number of rotatable bonds is 7. The zero-order valence-corrected chi connectivity index (χ0v) is 15.6. The van der Waals surface area contributed by atoms with Crippen molar-refractivity contribution in [1.82, 2.24) is 4.90 Å². The Labute approximate surface area is 154 Å². The lowest BCUT2D eigenvalue weighted by Crippen LogP contribution is -2.44. The minimum atomic E-state index is 0.0342. The van der Waals surface area contributed by atoms with Gasteiger partial charge in [0.15, 0.2) is 5.78 Å². The number of hydrogen-bond donors (Lipinski definition) is 0. The molecule has 1 heterocycles. The van der Waals surface area contributed by atoms with Crippen LogP contribution in [0.15, 0.2) is 17.1 Å². The molecule has 1 aliphatic heterocycles. The van der Waals surface area contributed by atoms with Gasteiger partial charge in [0.2, 0.25) is 0 Å². The van der Waals surface area contributed by atoms with E-state index in [-0.39, 0.29) is 5.78 Å². The summed E-state index contributed by atoms with van der Waals surface area (Å²) in [6.07, 6.45) is 5.10. The van der Waals surface area contributed by atoms with Crippen molar-refractivity contribution in [2.75, 3.05) is 31.1 Å². The molecular formula is C20H26ClN3O. The molecule has 0 spiro atoms. The van der Waals surface area contributed by atoms with E-state index in [0.717, 1.165) is 30.6 Å². The molecule has 3 fully saturated rings. The van der Waals surface area contributed by atoms with Gasteiger partial charge in [0.25, 0.3) is 0 Å². The summed E-state index contributed by atoms with van der Waals surface area (Å²) >= 11 is 6.42. The van der Waals surface area contributed by atoms with Crippen molar-refractivity contribution in [1.29, 1.82) is 0 Å². The largest absolute Gasteiger partial charge is 0.365 e. The van der Waals surface area contributed by atoms with Crippen molar-refractivity contribution in [2.45, 2.75) is 38.6 Å². The number of halogens is 1. The van der Waals surface area contributed by atoms with E-state index in [2.05, 4.69) is 21.5 Å². The molecule has 0 N–H and O–H groups in total. The normalized spacial score (nSPS) is 25.4. The molecule has 2 aliphatic carbocycles. The van der Waals surface area contributed by atoms with E-state index < -0.39 is 0 Å². The third-order valence-corrected chi connectivity index (χ3v) is 6.43. The third kappa shape index (κ3) is 3.34. The molecule has 2 saturated carbocycles. The van der Waals surface area contributed by atoms with Gasteiger partial charge >= 0.3 is 0 Å². The molecule has 1 aromatic rings. The van der Waals surface area contributed by atoms with Crippen LogP contribution >= 0.6 is 11.6 Å². The third-order valence-electron chi connectivity index (χ3n) is 6.14. The highest BCUT2D eigenvalue weighted by Crippen LogP contribution is 2.45. The van der Waals surface area contributed by atoms with Crippen LogP contribution in [0.4, 0.5) is 11.4 Å². The molecule has 4 rings (SSSR count). The Bertz CT molecular complexity index is 690. The molecule has 0 aromatic heterocycles. The van der Waals surface area contributed by atoms with Crippen LogP contribution in [0.2, 0.25) is 5.02 Å². The van der Waals surface area contributed by atoms with E-state index in [0.29, 0.717) is 22.3 Å². The van der Waals surface area contributed by atoms with E-state index in [9.17, 15) is 4.79 Å². The fourth-order valence-corrected chi connectivity index (χ4v) is 4.56. The van der Waals surface area contributed by atoms with Crippen LogP contribution in [0.1, 0.15) is 43.0 Å². The predicted molar refractivity (Wildman–Crippen MR) is 104 cm³/mol. The lowest BCUT2D eigenvalue weighted by Gasteiger charge is -2.41. The molecule has 1 aromatic carbocycles. The topological polar surface area (TPSA) is 35.9 Å². The average Bonchev–Trinajstić information content (AvgIpc) is 3.15. The SMILES string of the molecule is C=Nc1c(Cl)cc(C(C)=O)cc1N(CCN1CC2CC2C1)C1CCC1. The number of anilines is 1. The van der Waals surface area contributed by atoms with Gasteiger partial charge < -0.3 is 9.80 Å². The van der Waals surface area contributed by atoms with E-state index in [1.54, 1.807) is 13.0 Å². The summed E-state index contributed by atoms with van der Waals surface area (Å²) < 4.78 is 0. The molecular weight excluding hydrogens is 334 g/mol. The Morgan fingerprint density at radius 1 is 1.36 bits per heavy atom. The maximum absolute atomic E-state index is 11.9. The molecule has 5 heteroatoms. The van der Waals surface area contributed by atoms with Gasteiger partial charge in [-0.15, -0.1) is 0 Å². The number of ketones is 1. The second kappa shape index (κ2) is 6.73. The van der Waals surface area contributed by atoms with Gasteiger partial charge in [-0.1, -0.05) is 11.6 Å². The molecule has 134 valence electrons. The average molecular weight is 360 g/mol. The van der Waals surface area contributed by atoms with E-state index in [4.69, 9.17) is 11.6 Å². The number of hydrogen-bond acceptors (Lipinski definition) is 4. The second-order valence-corrected chi connectivity index (χ2v) is 8.24. The fourth-order valence-electron chi connectivity index (χ4n) is 4.29. The first-order valence-electron chi connectivity index (χ1n) is 9.37. The Morgan fingerprint density at radius 2 is 2.08 bits per heavy atom. The van der Waals surface area contributed by atoms with Gasteiger partial charge in [-0.05, 0) is 63.3 Å². The van der Waals surface area contributed by atoms with E-state index in [1.807, 2.05) is 6.07 Å². The van der Waals surface area contributed by atoms with Gasteiger partial charge in [0.1, 0.15) is 5.69 Å². The smallest absolute Gasteiger partial charge is 0.159 e. The monoisotopic (exact) mass is 359 g/mol. The summed E-state index contributed by atoms with van der Waals surface area (Å²) in [5.74, 6) is 1.95. The molecule has 0 amide bonds. The van der Waals surface area contributed by atoms with Crippen LogP contribution in [-0.2, 0) is 0 Å². The zero-order valence-electron chi connectivity index (χ0n) is 14.9. The van der Waals surface area contributed by atoms with Gasteiger partial charge in [-0.2, -0.15) is 0 Å². The lowest BCUT2D eigenvalue weighted by atomic mass is 9.90. The molecule has 0 bridgehead atoms. The number of carbonyl (C=O) groups is 1. The number of piperidine rings is 1. The Balaban J connectivity index is 1.59. The number of aliphatic imine (C=N–C) groups is 1. The van der Waals surface area contributed by atoms with Gasteiger partial charge in [-0.3, -0.25) is 9.79 Å². The van der Waals surface area contributed by atoms with Crippen LogP contribution in [0.25, 0.3) is 0 Å². The second-order valence-electron chi connectivity index (χ2n) is 7.83. The van der Waals surface area contributed by atoms with Crippen molar-refractivity contribution in [3.05, 3.63) is 22.7 Å². The highest BCUT2D eigenvalue weighted by Gasteiger charge is 2.44. The number of benzene rings is 1. The summed E-state index contributed by atoms with van der Waals surface area (Å²) in [5, 5.41) is 0.518. The van der Waals surface area contributed by atoms with Gasteiger partial charge in [-0.25, -0.2) is 0 Å². The van der Waals surface area contributed by atoms with E-state index >= 15 is 0 Å². The van der Waals surface area contributed by atoms with Gasteiger partial charge in [0, 0.05) is 37.8 Å². The summed E-state index contributed by atoms with van der Waals surface area (Å²) in [4.78, 5) is 21.1. The Morgan fingerprint density at radius 3 is 2.64 bits per heavy atom. The Kier molecular flexibility index (Phi) is 4.59. The molecule has 4 nitrogen and oxygen atoms in total. The fraction of sp³-hybridized carbons (Fsp3) is 0.600.